The maximum absolute atomic E-state index is 12.6. The van der Waals surface area contributed by atoms with Crippen LogP contribution in [-0.2, 0) is 24.4 Å². The fourth-order valence-electron chi connectivity index (χ4n) is 5.38. The van der Waals surface area contributed by atoms with Gasteiger partial charge >= 0.3 is 6.03 Å². The van der Waals surface area contributed by atoms with Crippen LogP contribution in [-0.4, -0.2) is 80.1 Å². The minimum atomic E-state index is -0.828. The molecule has 0 saturated carbocycles. The predicted molar refractivity (Wildman–Crippen MR) is 157 cm³/mol. The number of ether oxygens (including phenoxy) is 3. The lowest BCUT2D eigenvalue weighted by Gasteiger charge is -2.28. The predicted octanol–water partition coefficient (Wildman–Crippen LogP) is 3.18. The van der Waals surface area contributed by atoms with Gasteiger partial charge in [-0.15, -0.1) is 0 Å². The van der Waals surface area contributed by atoms with Crippen molar-refractivity contribution in [2.24, 2.45) is 0 Å². The van der Waals surface area contributed by atoms with E-state index in [1.165, 1.54) is 18.8 Å². The Morgan fingerprint density at radius 1 is 1.10 bits per heavy atom. The highest BCUT2D eigenvalue weighted by Crippen LogP contribution is 2.44. The summed E-state index contributed by atoms with van der Waals surface area (Å²) in [4.78, 5) is 39.4. The first kappa shape index (κ1) is 29.7. The maximum Gasteiger partial charge on any atom is 0.319 e. The molecule has 3 amide bonds. The van der Waals surface area contributed by atoms with Crippen LogP contribution in [0.25, 0.3) is 11.2 Å². The summed E-state index contributed by atoms with van der Waals surface area (Å²) in [5.41, 5.74) is 8.93. The summed E-state index contributed by atoms with van der Waals surface area (Å²) in [6.45, 7) is 12.8. The zero-order valence-electron chi connectivity index (χ0n) is 25.0. The number of carbonyl (C=O) groups excluding carboxylic acids is 2. The van der Waals surface area contributed by atoms with Gasteiger partial charge in [0.05, 0.1) is 6.33 Å². The SMILES string of the molecule is CC(=O)N(CCCNC(=O)Nc1ccc(C(C)(C)C)cc1)C[C@H]1O[C@@H](n2cnc3c(N)ncnc32)[C@@H]2OC(C)(C)O[C@@H]21. The monoisotopic (exact) mass is 580 g/mol. The fourth-order valence-corrected chi connectivity index (χ4v) is 5.38. The molecular weight excluding hydrogens is 540 g/mol. The van der Waals surface area contributed by atoms with Crippen molar-refractivity contribution in [3.8, 4) is 0 Å². The Labute approximate surface area is 245 Å². The molecule has 0 radical (unpaired) electrons. The number of fused-ring (bicyclic) bond motifs is 2. The van der Waals surface area contributed by atoms with Crippen LogP contribution < -0.4 is 16.4 Å². The van der Waals surface area contributed by atoms with Gasteiger partial charge in [-0.1, -0.05) is 32.9 Å². The molecule has 226 valence electrons. The molecule has 42 heavy (non-hydrogen) atoms. The van der Waals surface area contributed by atoms with Crippen LogP contribution in [0.1, 0.15) is 59.8 Å². The molecule has 4 atom stereocenters. The van der Waals surface area contributed by atoms with Crippen LogP contribution in [0.15, 0.2) is 36.9 Å². The molecular formula is C29H40N8O5. The van der Waals surface area contributed by atoms with E-state index in [4.69, 9.17) is 19.9 Å². The Balaban J connectivity index is 1.18. The van der Waals surface area contributed by atoms with Crippen LogP contribution in [0.5, 0.6) is 0 Å². The summed E-state index contributed by atoms with van der Waals surface area (Å²) < 4.78 is 20.7. The number of hydrogen-bond donors (Lipinski definition) is 3. The highest BCUT2D eigenvalue weighted by atomic mass is 16.8. The van der Waals surface area contributed by atoms with Crippen molar-refractivity contribution in [2.45, 2.75) is 83.7 Å². The van der Waals surface area contributed by atoms with Gasteiger partial charge in [-0.25, -0.2) is 19.7 Å². The summed E-state index contributed by atoms with van der Waals surface area (Å²) in [5, 5.41) is 5.71. The largest absolute Gasteiger partial charge is 0.382 e. The van der Waals surface area contributed by atoms with Crippen molar-refractivity contribution < 1.29 is 23.8 Å². The second-order valence-electron chi connectivity index (χ2n) is 12.2. The quantitative estimate of drug-likeness (QED) is 0.340. The van der Waals surface area contributed by atoms with Crippen molar-refractivity contribution in [1.82, 2.24) is 29.7 Å². The molecule has 5 rings (SSSR count). The van der Waals surface area contributed by atoms with Gasteiger partial charge < -0.3 is 35.5 Å². The third kappa shape index (κ3) is 6.32. The fraction of sp³-hybridized carbons (Fsp3) is 0.552. The van der Waals surface area contributed by atoms with Crippen molar-refractivity contribution >= 4 is 34.6 Å². The minimum Gasteiger partial charge on any atom is -0.382 e. The number of imidazole rings is 1. The van der Waals surface area contributed by atoms with Gasteiger partial charge in [0.2, 0.25) is 5.91 Å². The Kier molecular flexibility index (Phi) is 8.10. The van der Waals surface area contributed by atoms with Crippen LogP contribution in [0.3, 0.4) is 0 Å². The third-order valence-electron chi connectivity index (χ3n) is 7.53. The maximum atomic E-state index is 12.6. The zero-order valence-corrected chi connectivity index (χ0v) is 25.0. The van der Waals surface area contributed by atoms with E-state index >= 15 is 0 Å². The molecule has 13 nitrogen and oxygen atoms in total. The Hall–Kier alpha value is -3.81. The number of rotatable bonds is 8. The number of aromatic nitrogens is 4. The Morgan fingerprint density at radius 3 is 2.50 bits per heavy atom. The average molecular weight is 581 g/mol. The number of amides is 3. The van der Waals surface area contributed by atoms with E-state index in [1.807, 2.05) is 38.1 Å². The topological polar surface area (TPSA) is 159 Å². The third-order valence-corrected chi connectivity index (χ3v) is 7.53. The number of hydrogen-bond acceptors (Lipinski definition) is 9. The first-order valence-electron chi connectivity index (χ1n) is 14.2. The molecule has 2 saturated heterocycles. The van der Waals surface area contributed by atoms with Gasteiger partial charge in [-0.05, 0) is 43.4 Å². The zero-order chi connectivity index (χ0) is 30.2. The summed E-state index contributed by atoms with van der Waals surface area (Å²) in [6, 6.07) is 7.51. The number of urea groups is 1. The number of nitrogens with two attached hydrogens (primary N) is 1. The normalized spacial score (nSPS) is 23.1. The summed E-state index contributed by atoms with van der Waals surface area (Å²) >= 11 is 0. The highest BCUT2D eigenvalue weighted by molar-refractivity contribution is 5.89. The van der Waals surface area contributed by atoms with Crippen molar-refractivity contribution in [3.63, 3.8) is 0 Å². The van der Waals surface area contributed by atoms with Crippen LogP contribution in [0, 0.1) is 0 Å². The van der Waals surface area contributed by atoms with E-state index in [9.17, 15) is 9.59 Å². The van der Waals surface area contributed by atoms with Crippen LogP contribution in [0.2, 0.25) is 0 Å². The van der Waals surface area contributed by atoms with E-state index in [-0.39, 0.29) is 23.2 Å². The molecule has 0 bridgehead atoms. The lowest BCUT2D eigenvalue weighted by atomic mass is 9.87. The van der Waals surface area contributed by atoms with E-state index in [0.29, 0.717) is 37.2 Å². The molecule has 2 fully saturated rings. The first-order valence-corrected chi connectivity index (χ1v) is 14.2. The Bertz CT molecular complexity index is 1430. The van der Waals surface area contributed by atoms with Crippen LogP contribution in [0.4, 0.5) is 16.3 Å². The molecule has 13 heteroatoms. The molecule has 2 aromatic heterocycles. The standard InChI is InChI=1S/C29H40N8O5/c1-17(38)36(13-7-12-31-27(39)35-19-10-8-18(9-11-19)28(2,3)4)14-20-22-23(42-29(5,6)41-22)26(40-20)37-16-34-21-24(30)32-15-33-25(21)37/h8-11,15-16,20,22-23,26H,7,12-14H2,1-6H3,(H2,30,32,33)(H2,31,35,39)/t20-,22-,23-,26-/m1/s1. The van der Waals surface area contributed by atoms with Crippen LogP contribution >= 0.6 is 0 Å². The summed E-state index contributed by atoms with van der Waals surface area (Å²) in [6.07, 6.45) is 1.63. The molecule has 2 aliphatic heterocycles. The van der Waals surface area contributed by atoms with E-state index in [2.05, 4.69) is 46.4 Å². The molecule has 1 aromatic carbocycles. The van der Waals surface area contributed by atoms with Gasteiger partial charge in [-0.3, -0.25) is 9.36 Å². The number of benzene rings is 1. The highest BCUT2D eigenvalue weighted by Gasteiger charge is 2.56. The molecule has 0 unspecified atom stereocenters. The Morgan fingerprint density at radius 2 is 1.81 bits per heavy atom. The second-order valence-corrected chi connectivity index (χ2v) is 12.2. The van der Waals surface area contributed by atoms with Crippen molar-refractivity contribution in [3.05, 3.63) is 42.5 Å². The molecule has 4 heterocycles. The summed E-state index contributed by atoms with van der Waals surface area (Å²) in [5.74, 6) is -0.656. The number of carbonyl (C=O) groups is 2. The van der Waals surface area contributed by atoms with E-state index in [0.717, 1.165) is 5.69 Å². The number of nitrogens with one attached hydrogen (secondary N) is 2. The smallest absolute Gasteiger partial charge is 0.319 e. The van der Waals surface area contributed by atoms with Crippen molar-refractivity contribution in [2.75, 3.05) is 30.7 Å². The molecule has 4 N–H and O–H groups in total. The van der Waals surface area contributed by atoms with E-state index in [1.54, 1.807) is 15.8 Å². The van der Waals surface area contributed by atoms with Gasteiger partial charge in [0.15, 0.2) is 23.5 Å². The number of anilines is 2. The molecule has 0 spiro atoms. The molecule has 3 aromatic rings. The van der Waals surface area contributed by atoms with Gasteiger partial charge in [-0.2, -0.15) is 0 Å². The number of nitrogen functional groups attached to an aromatic ring is 1. The molecule has 0 aliphatic carbocycles. The number of nitrogens with zero attached hydrogens (tertiary/aromatic N) is 5. The van der Waals surface area contributed by atoms with Gasteiger partial charge in [0, 0.05) is 32.2 Å². The summed E-state index contributed by atoms with van der Waals surface area (Å²) in [7, 11) is 0. The average Bonchev–Trinajstić information content (AvgIpc) is 3.57. The van der Waals surface area contributed by atoms with Gasteiger partial charge in [0.25, 0.3) is 0 Å². The van der Waals surface area contributed by atoms with E-state index < -0.39 is 30.3 Å². The first-order chi connectivity index (χ1) is 19.8. The molecule has 2 aliphatic rings. The van der Waals surface area contributed by atoms with Gasteiger partial charge in [0.1, 0.15) is 30.2 Å². The second kappa shape index (κ2) is 11.5. The lowest BCUT2D eigenvalue weighted by molar-refractivity contribution is -0.198. The minimum absolute atomic E-state index is 0.0409. The van der Waals surface area contributed by atoms with Crippen molar-refractivity contribution in [1.29, 1.82) is 0 Å². The lowest BCUT2D eigenvalue weighted by Crippen LogP contribution is -2.43.